The molecule has 0 saturated heterocycles. The van der Waals surface area contributed by atoms with Crippen LogP contribution < -0.4 is 5.32 Å². The molecule has 0 radical (unpaired) electrons. The van der Waals surface area contributed by atoms with E-state index in [0.717, 1.165) is 25.8 Å². The molecular formula is C16H18FN. The lowest BCUT2D eigenvalue weighted by Gasteiger charge is -2.07. The van der Waals surface area contributed by atoms with Gasteiger partial charge in [-0.25, -0.2) is 4.39 Å². The number of para-hydroxylation sites is 1. The Bertz CT molecular complexity index is 468. The summed E-state index contributed by atoms with van der Waals surface area (Å²) in [5.74, 6) is -0.180. The van der Waals surface area contributed by atoms with Crippen molar-refractivity contribution in [3.05, 3.63) is 66.0 Å². The van der Waals surface area contributed by atoms with Crippen molar-refractivity contribution in [2.75, 3.05) is 11.9 Å². The van der Waals surface area contributed by atoms with E-state index >= 15 is 0 Å². The summed E-state index contributed by atoms with van der Waals surface area (Å²) in [6.07, 6.45) is 3.24. The molecule has 0 unspecified atom stereocenters. The molecule has 0 spiro atoms. The lowest BCUT2D eigenvalue weighted by Crippen LogP contribution is -2.03. The molecule has 0 amide bonds. The summed E-state index contributed by atoms with van der Waals surface area (Å²) >= 11 is 0. The van der Waals surface area contributed by atoms with Gasteiger partial charge in [-0.15, -0.1) is 0 Å². The van der Waals surface area contributed by atoms with Crippen LogP contribution in [-0.4, -0.2) is 6.54 Å². The highest BCUT2D eigenvalue weighted by atomic mass is 19.1. The molecular weight excluding hydrogens is 225 g/mol. The van der Waals surface area contributed by atoms with Crippen molar-refractivity contribution in [2.24, 2.45) is 0 Å². The van der Waals surface area contributed by atoms with Crippen LogP contribution in [0.5, 0.6) is 0 Å². The fourth-order valence-corrected chi connectivity index (χ4v) is 1.93. The molecule has 0 bridgehead atoms. The van der Waals surface area contributed by atoms with E-state index in [1.54, 1.807) is 12.1 Å². The minimum Gasteiger partial charge on any atom is -0.383 e. The number of benzene rings is 2. The van der Waals surface area contributed by atoms with Gasteiger partial charge in [0.2, 0.25) is 0 Å². The van der Waals surface area contributed by atoms with Gasteiger partial charge in [-0.3, -0.25) is 0 Å². The molecule has 18 heavy (non-hydrogen) atoms. The first kappa shape index (κ1) is 12.6. The van der Waals surface area contributed by atoms with Crippen LogP contribution in [0.2, 0.25) is 0 Å². The highest BCUT2D eigenvalue weighted by Crippen LogP contribution is 2.12. The lowest BCUT2D eigenvalue weighted by atomic mass is 10.1. The molecule has 0 aromatic heterocycles. The summed E-state index contributed by atoms with van der Waals surface area (Å²) in [5.41, 5.74) is 1.96. The summed E-state index contributed by atoms with van der Waals surface area (Å²) in [6, 6.07) is 17.2. The van der Waals surface area contributed by atoms with E-state index in [1.165, 1.54) is 11.6 Å². The number of nitrogens with one attached hydrogen (secondary N) is 1. The molecule has 94 valence electrons. The van der Waals surface area contributed by atoms with Gasteiger partial charge < -0.3 is 5.32 Å². The highest BCUT2D eigenvalue weighted by Gasteiger charge is 1.98. The Morgan fingerprint density at radius 1 is 0.833 bits per heavy atom. The number of halogens is 1. The van der Waals surface area contributed by atoms with E-state index in [2.05, 4.69) is 29.6 Å². The Balaban J connectivity index is 1.66. The standard InChI is InChI=1S/C16H18FN/c17-15-11-4-5-12-16(15)18-13-7-6-10-14-8-2-1-3-9-14/h1-5,8-9,11-12,18H,6-7,10,13H2. The molecule has 1 nitrogen and oxygen atoms in total. The van der Waals surface area contributed by atoms with Gasteiger partial charge >= 0.3 is 0 Å². The van der Waals surface area contributed by atoms with Crippen molar-refractivity contribution in [1.29, 1.82) is 0 Å². The van der Waals surface area contributed by atoms with Gasteiger partial charge in [0.15, 0.2) is 0 Å². The van der Waals surface area contributed by atoms with Crippen LogP contribution in [0, 0.1) is 5.82 Å². The molecule has 2 rings (SSSR count). The van der Waals surface area contributed by atoms with Crippen molar-refractivity contribution >= 4 is 5.69 Å². The SMILES string of the molecule is Fc1ccccc1NCCCCc1ccccc1. The van der Waals surface area contributed by atoms with Gasteiger partial charge in [0.1, 0.15) is 5.82 Å². The molecule has 2 aromatic rings. The number of hydrogen-bond acceptors (Lipinski definition) is 1. The largest absolute Gasteiger partial charge is 0.383 e. The summed E-state index contributed by atoms with van der Waals surface area (Å²) in [4.78, 5) is 0. The average Bonchev–Trinajstić information content (AvgIpc) is 2.42. The van der Waals surface area contributed by atoms with Gasteiger partial charge in [-0.2, -0.15) is 0 Å². The van der Waals surface area contributed by atoms with Gasteiger partial charge in [-0.05, 0) is 37.0 Å². The van der Waals surface area contributed by atoms with Gasteiger partial charge in [-0.1, -0.05) is 42.5 Å². The Morgan fingerprint density at radius 3 is 2.33 bits per heavy atom. The van der Waals surface area contributed by atoms with Crippen molar-refractivity contribution in [3.8, 4) is 0 Å². The fraction of sp³-hybridized carbons (Fsp3) is 0.250. The third kappa shape index (κ3) is 3.88. The Morgan fingerprint density at radius 2 is 1.56 bits per heavy atom. The second kappa shape index (κ2) is 6.80. The first-order chi connectivity index (χ1) is 8.86. The van der Waals surface area contributed by atoms with E-state index in [9.17, 15) is 4.39 Å². The Hall–Kier alpha value is -1.83. The van der Waals surface area contributed by atoms with E-state index in [4.69, 9.17) is 0 Å². The second-order valence-electron chi connectivity index (χ2n) is 4.35. The third-order valence-electron chi connectivity index (χ3n) is 2.92. The molecule has 0 aliphatic heterocycles. The van der Waals surface area contributed by atoms with Crippen molar-refractivity contribution in [2.45, 2.75) is 19.3 Å². The van der Waals surface area contributed by atoms with Gasteiger partial charge in [0.25, 0.3) is 0 Å². The molecule has 0 heterocycles. The number of aryl methyl sites for hydroxylation is 1. The maximum absolute atomic E-state index is 13.3. The maximum Gasteiger partial charge on any atom is 0.146 e. The van der Waals surface area contributed by atoms with E-state index in [0.29, 0.717) is 5.69 Å². The monoisotopic (exact) mass is 243 g/mol. The molecule has 0 aliphatic rings. The van der Waals surface area contributed by atoms with Crippen LogP contribution in [0.3, 0.4) is 0 Å². The predicted octanol–water partition coefficient (Wildman–Crippen LogP) is 4.26. The predicted molar refractivity (Wildman–Crippen MR) is 74.3 cm³/mol. The first-order valence-corrected chi connectivity index (χ1v) is 6.38. The normalized spacial score (nSPS) is 10.3. The van der Waals surface area contributed by atoms with Crippen LogP contribution in [-0.2, 0) is 6.42 Å². The molecule has 2 heteroatoms. The molecule has 1 N–H and O–H groups in total. The topological polar surface area (TPSA) is 12.0 Å². The Kier molecular flexibility index (Phi) is 4.77. The number of unbranched alkanes of at least 4 members (excludes halogenated alkanes) is 1. The van der Waals surface area contributed by atoms with E-state index in [-0.39, 0.29) is 5.82 Å². The zero-order valence-corrected chi connectivity index (χ0v) is 10.4. The molecule has 0 atom stereocenters. The van der Waals surface area contributed by atoms with Crippen LogP contribution >= 0.6 is 0 Å². The smallest absolute Gasteiger partial charge is 0.146 e. The maximum atomic E-state index is 13.3. The second-order valence-corrected chi connectivity index (χ2v) is 4.35. The Labute approximate surface area is 108 Å². The number of hydrogen-bond donors (Lipinski definition) is 1. The highest BCUT2D eigenvalue weighted by molar-refractivity contribution is 5.44. The fourth-order valence-electron chi connectivity index (χ4n) is 1.93. The average molecular weight is 243 g/mol. The third-order valence-corrected chi connectivity index (χ3v) is 2.92. The van der Waals surface area contributed by atoms with E-state index in [1.807, 2.05) is 12.1 Å². The summed E-state index contributed by atoms with van der Waals surface area (Å²) in [6.45, 7) is 0.813. The van der Waals surface area contributed by atoms with Crippen LogP contribution in [0.15, 0.2) is 54.6 Å². The lowest BCUT2D eigenvalue weighted by molar-refractivity contribution is 0.629. The van der Waals surface area contributed by atoms with Gasteiger partial charge in [0.05, 0.1) is 5.69 Å². The van der Waals surface area contributed by atoms with Crippen molar-refractivity contribution < 1.29 is 4.39 Å². The quantitative estimate of drug-likeness (QED) is 0.747. The van der Waals surface area contributed by atoms with Crippen molar-refractivity contribution in [1.82, 2.24) is 0 Å². The van der Waals surface area contributed by atoms with Crippen LogP contribution in [0.25, 0.3) is 0 Å². The summed E-state index contributed by atoms with van der Waals surface area (Å²) < 4.78 is 13.3. The first-order valence-electron chi connectivity index (χ1n) is 6.38. The molecule has 0 aliphatic carbocycles. The zero-order valence-electron chi connectivity index (χ0n) is 10.4. The molecule has 0 saturated carbocycles. The summed E-state index contributed by atoms with van der Waals surface area (Å²) in [7, 11) is 0. The number of rotatable bonds is 6. The van der Waals surface area contributed by atoms with Crippen molar-refractivity contribution in [3.63, 3.8) is 0 Å². The van der Waals surface area contributed by atoms with E-state index < -0.39 is 0 Å². The van der Waals surface area contributed by atoms with Crippen LogP contribution in [0.1, 0.15) is 18.4 Å². The molecule has 0 fully saturated rings. The van der Waals surface area contributed by atoms with Crippen LogP contribution in [0.4, 0.5) is 10.1 Å². The molecule has 2 aromatic carbocycles. The zero-order chi connectivity index (χ0) is 12.6. The minimum absolute atomic E-state index is 0.180. The van der Waals surface area contributed by atoms with Gasteiger partial charge in [0, 0.05) is 6.54 Å². The summed E-state index contributed by atoms with van der Waals surface area (Å²) in [5, 5.41) is 3.12. The minimum atomic E-state index is -0.180. The number of anilines is 1.